The van der Waals surface area contributed by atoms with Gasteiger partial charge in [0.05, 0.1) is 6.54 Å². The molecule has 1 heterocycles. The lowest BCUT2D eigenvalue weighted by Gasteiger charge is -2.05. The molecule has 1 aliphatic heterocycles. The lowest BCUT2D eigenvalue weighted by atomic mass is 10.3. The fraction of sp³-hybridized carbons (Fsp3) is 0.222. The van der Waals surface area contributed by atoms with Crippen molar-refractivity contribution in [3.8, 4) is 0 Å². The summed E-state index contributed by atoms with van der Waals surface area (Å²) in [6.07, 6.45) is 0. The highest BCUT2D eigenvalue weighted by Gasteiger charge is 2.03. The van der Waals surface area contributed by atoms with E-state index in [9.17, 15) is 4.39 Å². The first kappa shape index (κ1) is 8.04. The quantitative estimate of drug-likeness (QED) is 0.679. The molecule has 68 valence electrons. The molecule has 1 aromatic carbocycles. The molecule has 13 heavy (non-hydrogen) atoms. The third-order valence-corrected chi connectivity index (χ3v) is 1.78. The Morgan fingerprint density at radius 3 is 2.69 bits per heavy atom. The number of hydrogen-bond acceptors (Lipinski definition) is 3. The van der Waals surface area contributed by atoms with E-state index in [1.807, 2.05) is 0 Å². The van der Waals surface area contributed by atoms with E-state index < -0.39 is 0 Å². The molecule has 0 spiro atoms. The number of aliphatic imine (C=N–C) groups is 1. The maximum atomic E-state index is 12.5. The summed E-state index contributed by atoms with van der Waals surface area (Å²) in [7, 11) is 0. The summed E-state index contributed by atoms with van der Waals surface area (Å²) in [4.78, 5) is 4.15. The maximum absolute atomic E-state index is 12.5. The minimum Gasteiger partial charge on any atom is -0.354 e. The molecule has 3 nitrogen and oxygen atoms in total. The molecule has 0 unspecified atom stereocenters. The molecule has 0 atom stereocenters. The number of anilines is 1. The van der Waals surface area contributed by atoms with Gasteiger partial charge in [-0.25, -0.2) is 4.39 Å². The summed E-state index contributed by atoms with van der Waals surface area (Å²) in [5.74, 6) is 0.526. The molecule has 2 rings (SSSR count). The zero-order chi connectivity index (χ0) is 9.10. The molecule has 0 aliphatic carbocycles. The minimum absolute atomic E-state index is 0.230. The van der Waals surface area contributed by atoms with Gasteiger partial charge in [-0.05, 0) is 24.3 Å². The first-order chi connectivity index (χ1) is 6.34. The first-order valence-electron chi connectivity index (χ1n) is 4.15. The zero-order valence-corrected chi connectivity index (χ0v) is 7.05. The van der Waals surface area contributed by atoms with Crippen molar-refractivity contribution in [2.75, 3.05) is 18.4 Å². The van der Waals surface area contributed by atoms with Crippen molar-refractivity contribution in [1.29, 1.82) is 0 Å². The molecule has 0 bridgehead atoms. The number of halogens is 1. The number of guanidine groups is 1. The first-order valence-corrected chi connectivity index (χ1v) is 4.15. The number of benzene rings is 1. The molecular formula is C9H10FN3. The van der Waals surface area contributed by atoms with Crippen molar-refractivity contribution in [1.82, 2.24) is 5.32 Å². The van der Waals surface area contributed by atoms with Crippen LogP contribution in [0.2, 0.25) is 0 Å². The smallest absolute Gasteiger partial charge is 0.195 e. The van der Waals surface area contributed by atoms with Crippen LogP contribution in [0.15, 0.2) is 29.3 Å². The summed E-state index contributed by atoms with van der Waals surface area (Å²) < 4.78 is 12.5. The summed E-state index contributed by atoms with van der Waals surface area (Å²) in [5.41, 5.74) is 0.842. The van der Waals surface area contributed by atoms with Crippen LogP contribution in [0.4, 0.5) is 10.1 Å². The molecule has 4 heteroatoms. The van der Waals surface area contributed by atoms with Crippen LogP contribution in [-0.4, -0.2) is 19.0 Å². The standard InChI is InChI=1S/C9H10FN3/c10-7-1-3-8(4-2-7)13-9-11-5-6-12-9/h1-4H,5-6H2,(H2,11,12,13). The van der Waals surface area contributed by atoms with E-state index in [1.165, 1.54) is 12.1 Å². The van der Waals surface area contributed by atoms with Gasteiger partial charge in [0.25, 0.3) is 0 Å². The molecule has 0 aromatic heterocycles. The molecule has 0 saturated carbocycles. The van der Waals surface area contributed by atoms with Gasteiger partial charge >= 0.3 is 0 Å². The third kappa shape index (κ3) is 1.96. The average molecular weight is 179 g/mol. The Hall–Kier alpha value is -1.58. The SMILES string of the molecule is Fc1ccc(NC2=NCCN2)cc1. The van der Waals surface area contributed by atoms with E-state index in [-0.39, 0.29) is 5.82 Å². The minimum atomic E-state index is -0.230. The molecule has 0 radical (unpaired) electrons. The normalized spacial score (nSPS) is 15.0. The summed E-state index contributed by atoms with van der Waals surface area (Å²) in [6.45, 7) is 1.66. The van der Waals surface area contributed by atoms with Crippen molar-refractivity contribution >= 4 is 11.6 Å². The Bertz CT molecular complexity index is 318. The van der Waals surface area contributed by atoms with Crippen LogP contribution in [0, 0.1) is 5.82 Å². The van der Waals surface area contributed by atoms with Gasteiger partial charge in [-0.2, -0.15) is 0 Å². The second kappa shape index (κ2) is 3.43. The van der Waals surface area contributed by atoms with Crippen LogP contribution < -0.4 is 10.6 Å². The lowest BCUT2D eigenvalue weighted by molar-refractivity contribution is 0.628. The molecule has 0 saturated heterocycles. The molecule has 2 N–H and O–H groups in total. The van der Waals surface area contributed by atoms with E-state index in [2.05, 4.69) is 15.6 Å². The van der Waals surface area contributed by atoms with E-state index in [0.29, 0.717) is 0 Å². The van der Waals surface area contributed by atoms with Crippen LogP contribution in [0.5, 0.6) is 0 Å². The lowest BCUT2D eigenvalue weighted by Crippen LogP contribution is -2.26. The molecule has 1 aromatic rings. The van der Waals surface area contributed by atoms with Gasteiger partial charge in [0, 0.05) is 12.2 Å². The second-order valence-corrected chi connectivity index (χ2v) is 2.79. The van der Waals surface area contributed by atoms with Crippen molar-refractivity contribution in [3.63, 3.8) is 0 Å². The van der Waals surface area contributed by atoms with Gasteiger partial charge in [0.2, 0.25) is 0 Å². The molecule has 0 fully saturated rings. The Morgan fingerprint density at radius 1 is 1.31 bits per heavy atom. The van der Waals surface area contributed by atoms with E-state index >= 15 is 0 Å². The van der Waals surface area contributed by atoms with Crippen molar-refractivity contribution < 1.29 is 4.39 Å². The van der Waals surface area contributed by atoms with E-state index in [1.54, 1.807) is 12.1 Å². The van der Waals surface area contributed by atoms with Crippen LogP contribution >= 0.6 is 0 Å². The maximum Gasteiger partial charge on any atom is 0.195 e. The number of rotatable bonds is 1. The van der Waals surface area contributed by atoms with Crippen molar-refractivity contribution in [2.24, 2.45) is 4.99 Å². The van der Waals surface area contributed by atoms with Gasteiger partial charge in [0.1, 0.15) is 5.82 Å². The van der Waals surface area contributed by atoms with Crippen LogP contribution in [-0.2, 0) is 0 Å². The highest BCUT2D eigenvalue weighted by atomic mass is 19.1. The zero-order valence-electron chi connectivity index (χ0n) is 7.05. The predicted molar refractivity (Wildman–Crippen MR) is 50.3 cm³/mol. The van der Waals surface area contributed by atoms with Crippen molar-refractivity contribution in [3.05, 3.63) is 30.1 Å². The molecular weight excluding hydrogens is 169 g/mol. The topological polar surface area (TPSA) is 36.4 Å². The second-order valence-electron chi connectivity index (χ2n) is 2.79. The monoisotopic (exact) mass is 179 g/mol. The number of nitrogens with zero attached hydrogens (tertiary/aromatic N) is 1. The van der Waals surface area contributed by atoms with Crippen LogP contribution in [0.1, 0.15) is 0 Å². The van der Waals surface area contributed by atoms with E-state index in [0.717, 1.165) is 24.7 Å². The Balaban J connectivity index is 2.05. The highest BCUT2D eigenvalue weighted by Crippen LogP contribution is 2.08. The average Bonchev–Trinajstić information content (AvgIpc) is 2.62. The summed E-state index contributed by atoms with van der Waals surface area (Å²) in [6, 6.07) is 6.19. The fourth-order valence-electron chi connectivity index (χ4n) is 1.15. The van der Waals surface area contributed by atoms with Crippen LogP contribution in [0.25, 0.3) is 0 Å². The summed E-state index contributed by atoms with van der Waals surface area (Å²) in [5, 5.41) is 6.11. The highest BCUT2D eigenvalue weighted by molar-refractivity contribution is 5.94. The van der Waals surface area contributed by atoms with Crippen LogP contribution in [0.3, 0.4) is 0 Å². The van der Waals surface area contributed by atoms with Gasteiger partial charge in [0.15, 0.2) is 5.96 Å². The predicted octanol–water partition coefficient (Wildman–Crippen LogP) is 1.20. The summed E-state index contributed by atoms with van der Waals surface area (Å²) >= 11 is 0. The molecule has 0 amide bonds. The Morgan fingerprint density at radius 2 is 2.08 bits per heavy atom. The third-order valence-electron chi connectivity index (χ3n) is 1.78. The van der Waals surface area contributed by atoms with E-state index in [4.69, 9.17) is 0 Å². The Labute approximate surface area is 75.7 Å². The van der Waals surface area contributed by atoms with Gasteiger partial charge in [-0.3, -0.25) is 4.99 Å². The number of nitrogens with one attached hydrogen (secondary N) is 2. The number of hydrogen-bond donors (Lipinski definition) is 2. The largest absolute Gasteiger partial charge is 0.354 e. The molecule has 1 aliphatic rings. The van der Waals surface area contributed by atoms with Crippen molar-refractivity contribution in [2.45, 2.75) is 0 Å². The fourth-order valence-corrected chi connectivity index (χ4v) is 1.15. The van der Waals surface area contributed by atoms with Gasteiger partial charge < -0.3 is 10.6 Å². The van der Waals surface area contributed by atoms with Gasteiger partial charge in [-0.1, -0.05) is 0 Å². The van der Waals surface area contributed by atoms with Gasteiger partial charge in [-0.15, -0.1) is 0 Å². The Kier molecular flexibility index (Phi) is 2.12.